The lowest BCUT2D eigenvalue weighted by Gasteiger charge is -2.06. The molecule has 1 aromatic rings. The molecule has 0 spiro atoms. The van der Waals surface area contributed by atoms with E-state index in [0.717, 1.165) is 11.0 Å². The summed E-state index contributed by atoms with van der Waals surface area (Å²) in [5, 5.41) is 0. The Morgan fingerprint density at radius 1 is 1.55 bits per heavy atom. The van der Waals surface area contributed by atoms with Crippen LogP contribution >= 0.6 is 27.7 Å². The molecule has 0 atom stereocenters. The highest BCUT2D eigenvalue weighted by molar-refractivity contribution is 9.10. The maximum Gasteiger partial charge on any atom is 0.0387 e. The lowest BCUT2D eigenvalue weighted by atomic mass is 10.2. The van der Waals surface area contributed by atoms with Gasteiger partial charge in [-0.25, -0.2) is 4.42 Å². The van der Waals surface area contributed by atoms with Gasteiger partial charge in [0, 0.05) is 18.1 Å². The van der Waals surface area contributed by atoms with Crippen LogP contribution in [0.2, 0.25) is 0 Å². The van der Waals surface area contributed by atoms with E-state index >= 15 is 0 Å². The third-order valence-corrected chi connectivity index (χ3v) is 1.90. The van der Waals surface area contributed by atoms with Gasteiger partial charge < -0.3 is 0 Å². The number of hydrogen-bond donors (Lipinski definition) is 0. The zero-order valence-corrected chi connectivity index (χ0v) is 8.56. The van der Waals surface area contributed by atoms with Gasteiger partial charge in [0.1, 0.15) is 0 Å². The molecule has 1 nitrogen and oxygen atoms in total. The second-order valence-corrected chi connectivity index (χ2v) is 3.89. The van der Waals surface area contributed by atoms with Crippen molar-refractivity contribution in [3.8, 4) is 0 Å². The van der Waals surface area contributed by atoms with E-state index in [0.29, 0.717) is 0 Å². The minimum atomic E-state index is 0.765. The molecule has 0 unspecified atom stereocenters. The maximum absolute atomic E-state index is 5.68. The fourth-order valence-corrected chi connectivity index (χ4v) is 1.47. The molecule has 0 N–H and O–H groups in total. The summed E-state index contributed by atoms with van der Waals surface area (Å²) < 4.78 is 2.72. The molecule has 11 heavy (non-hydrogen) atoms. The number of rotatable bonds is 2. The van der Waals surface area contributed by atoms with Gasteiger partial charge in [0.15, 0.2) is 0 Å². The quantitative estimate of drug-likeness (QED) is 0.711. The summed E-state index contributed by atoms with van der Waals surface area (Å²) in [4.78, 5) is 0. The Bertz CT molecular complexity index is 237. The molecule has 0 radical (unpaired) electrons. The smallest absolute Gasteiger partial charge is 0.0387 e. The summed E-state index contributed by atoms with van der Waals surface area (Å²) in [6.45, 7) is 0.765. The van der Waals surface area contributed by atoms with Crippen LogP contribution in [0.5, 0.6) is 0 Å². The first-order valence-corrected chi connectivity index (χ1v) is 4.43. The van der Waals surface area contributed by atoms with Crippen LogP contribution in [-0.2, 0) is 6.54 Å². The van der Waals surface area contributed by atoms with E-state index in [1.165, 1.54) is 5.56 Å². The summed E-state index contributed by atoms with van der Waals surface area (Å²) >= 11 is 9.07. The number of nitrogens with zero attached hydrogens (tertiary/aromatic N) is 1. The molecule has 60 valence electrons. The molecule has 0 bridgehead atoms. The molecule has 0 saturated carbocycles. The lowest BCUT2D eigenvalue weighted by molar-refractivity contribution is 0.546. The Balaban J connectivity index is 2.71. The molecule has 0 aliphatic carbocycles. The normalized spacial score (nSPS) is 10.5. The average Bonchev–Trinajstić information content (AvgIpc) is 1.85. The fraction of sp³-hybridized carbons (Fsp3) is 0.250. The van der Waals surface area contributed by atoms with Crippen LogP contribution in [0.15, 0.2) is 28.7 Å². The highest BCUT2D eigenvalue weighted by atomic mass is 79.9. The summed E-state index contributed by atoms with van der Waals surface area (Å²) in [6, 6.07) is 8.10. The van der Waals surface area contributed by atoms with Gasteiger partial charge in [-0.3, -0.25) is 0 Å². The topological polar surface area (TPSA) is 3.24 Å². The van der Waals surface area contributed by atoms with Crippen LogP contribution < -0.4 is 0 Å². The minimum absolute atomic E-state index is 0.765. The number of halogens is 2. The maximum atomic E-state index is 5.68. The van der Waals surface area contributed by atoms with Gasteiger partial charge in [0.25, 0.3) is 0 Å². The van der Waals surface area contributed by atoms with E-state index in [1.54, 1.807) is 4.42 Å². The second-order valence-electron chi connectivity index (χ2n) is 2.39. The molecular weight excluding hydrogens is 225 g/mol. The van der Waals surface area contributed by atoms with Gasteiger partial charge in [-0.15, -0.1) is 0 Å². The highest BCUT2D eigenvalue weighted by Gasteiger charge is 1.95. The van der Waals surface area contributed by atoms with Crippen molar-refractivity contribution in [1.82, 2.24) is 4.42 Å². The van der Waals surface area contributed by atoms with Crippen molar-refractivity contribution in [2.24, 2.45) is 0 Å². The van der Waals surface area contributed by atoms with Crippen molar-refractivity contribution in [2.45, 2.75) is 6.54 Å². The predicted octanol–water partition coefficient (Wildman–Crippen LogP) is 3.03. The first-order valence-electron chi connectivity index (χ1n) is 3.30. The van der Waals surface area contributed by atoms with Crippen molar-refractivity contribution >= 4 is 27.7 Å². The van der Waals surface area contributed by atoms with Gasteiger partial charge in [-0.2, -0.15) is 0 Å². The standard InChI is InChI=1S/C8H9BrClN/c1-11(10)6-7-3-2-4-8(9)5-7/h2-5H,6H2,1H3. The highest BCUT2D eigenvalue weighted by Crippen LogP contribution is 2.13. The Morgan fingerprint density at radius 2 is 2.27 bits per heavy atom. The average molecular weight is 235 g/mol. The van der Waals surface area contributed by atoms with Crippen molar-refractivity contribution in [2.75, 3.05) is 7.05 Å². The van der Waals surface area contributed by atoms with E-state index in [-0.39, 0.29) is 0 Å². The van der Waals surface area contributed by atoms with Crippen LogP contribution in [0, 0.1) is 0 Å². The van der Waals surface area contributed by atoms with Crippen molar-refractivity contribution in [1.29, 1.82) is 0 Å². The Labute approximate surface area is 80.2 Å². The zero-order valence-electron chi connectivity index (χ0n) is 6.22. The summed E-state index contributed by atoms with van der Waals surface area (Å²) in [5.74, 6) is 0. The second kappa shape index (κ2) is 4.10. The van der Waals surface area contributed by atoms with E-state index in [2.05, 4.69) is 22.0 Å². The molecule has 0 aliphatic heterocycles. The van der Waals surface area contributed by atoms with Crippen LogP contribution in [0.3, 0.4) is 0 Å². The zero-order chi connectivity index (χ0) is 8.27. The van der Waals surface area contributed by atoms with Gasteiger partial charge in [-0.1, -0.05) is 28.1 Å². The molecule has 0 amide bonds. The monoisotopic (exact) mass is 233 g/mol. The van der Waals surface area contributed by atoms with Gasteiger partial charge in [0.05, 0.1) is 0 Å². The van der Waals surface area contributed by atoms with Crippen LogP contribution in [-0.4, -0.2) is 11.5 Å². The van der Waals surface area contributed by atoms with Crippen molar-refractivity contribution in [3.63, 3.8) is 0 Å². The van der Waals surface area contributed by atoms with E-state index in [1.807, 2.05) is 25.2 Å². The molecule has 0 aliphatic rings. The Morgan fingerprint density at radius 3 is 2.82 bits per heavy atom. The van der Waals surface area contributed by atoms with Gasteiger partial charge in [0.2, 0.25) is 0 Å². The molecule has 3 heteroatoms. The molecule has 1 rings (SSSR count). The van der Waals surface area contributed by atoms with Gasteiger partial charge >= 0.3 is 0 Å². The molecule has 0 fully saturated rings. The molecule has 0 saturated heterocycles. The van der Waals surface area contributed by atoms with E-state index < -0.39 is 0 Å². The third-order valence-electron chi connectivity index (χ3n) is 1.29. The molecule has 0 heterocycles. The largest absolute Gasteiger partial charge is 0.219 e. The Kier molecular flexibility index (Phi) is 3.37. The summed E-state index contributed by atoms with van der Waals surface area (Å²) in [6.07, 6.45) is 0. The van der Waals surface area contributed by atoms with Crippen molar-refractivity contribution < 1.29 is 0 Å². The Hall–Kier alpha value is -0.0500. The molecule has 1 aromatic carbocycles. The minimum Gasteiger partial charge on any atom is -0.219 e. The molecule has 0 aromatic heterocycles. The third kappa shape index (κ3) is 3.23. The first kappa shape index (κ1) is 9.04. The SMILES string of the molecule is CN(Cl)Cc1cccc(Br)c1. The predicted molar refractivity (Wildman–Crippen MR) is 51.5 cm³/mol. The van der Waals surface area contributed by atoms with Crippen LogP contribution in [0.4, 0.5) is 0 Å². The van der Waals surface area contributed by atoms with E-state index in [4.69, 9.17) is 11.8 Å². The number of hydrogen-bond acceptors (Lipinski definition) is 1. The summed E-state index contributed by atoms with van der Waals surface area (Å²) in [5.41, 5.74) is 1.21. The number of benzene rings is 1. The first-order chi connectivity index (χ1) is 5.18. The summed E-state index contributed by atoms with van der Waals surface area (Å²) in [7, 11) is 1.84. The lowest BCUT2D eigenvalue weighted by Crippen LogP contribution is -2.03. The van der Waals surface area contributed by atoms with Crippen LogP contribution in [0.1, 0.15) is 5.56 Å². The van der Waals surface area contributed by atoms with Crippen LogP contribution in [0.25, 0.3) is 0 Å². The van der Waals surface area contributed by atoms with E-state index in [9.17, 15) is 0 Å². The molecular formula is C8H9BrClN. The van der Waals surface area contributed by atoms with Gasteiger partial charge in [-0.05, 0) is 29.5 Å². The van der Waals surface area contributed by atoms with Crippen molar-refractivity contribution in [3.05, 3.63) is 34.3 Å². The fourth-order valence-electron chi connectivity index (χ4n) is 0.887.